The molecule has 0 spiro atoms. The van der Waals surface area contributed by atoms with E-state index >= 15 is 0 Å². The average Bonchev–Trinajstić information content (AvgIpc) is 2.63. The van der Waals surface area contributed by atoms with E-state index in [9.17, 15) is 35.7 Å². The second kappa shape index (κ2) is 8.63. The Balaban J connectivity index is 2.20. The summed E-state index contributed by atoms with van der Waals surface area (Å²) in [6.07, 6.45) is -6.71. The van der Waals surface area contributed by atoms with Crippen LogP contribution in [0.25, 0.3) is 0 Å². The topological polar surface area (TPSA) is 160 Å². The van der Waals surface area contributed by atoms with Gasteiger partial charge in [0.05, 0.1) is 30.5 Å². The minimum Gasteiger partial charge on any atom is -0.394 e. The first kappa shape index (κ1) is 23.7. The Bertz CT molecular complexity index is 550. The van der Waals surface area contributed by atoms with Crippen LogP contribution in [0.4, 0.5) is 0 Å². The Labute approximate surface area is 164 Å². The Morgan fingerprint density at radius 2 is 1.71 bits per heavy atom. The summed E-state index contributed by atoms with van der Waals surface area (Å²) in [5, 5.41) is 70.7. The average molecular weight is 406 g/mol. The molecule has 28 heavy (non-hydrogen) atoms. The molecule has 0 amide bonds. The third-order valence-corrected chi connectivity index (χ3v) is 6.17. The molecule has 0 bridgehead atoms. The van der Waals surface area contributed by atoms with Crippen LogP contribution in [0.3, 0.4) is 0 Å². The molecule has 0 aromatic rings. The molecule has 0 unspecified atom stereocenters. The molecule has 1 aliphatic carbocycles. The second-order valence-corrected chi connectivity index (χ2v) is 8.66. The van der Waals surface area contributed by atoms with Crippen molar-refractivity contribution >= 4 is 0 Å². The van der Waals surface area contributed by atoms with E-state index in [-0.39, 0.29) is 6.42 Å². The lowest BCUT2D eigenvalue weighted by Crippen LogP contribution is -2.64. The number of hydrogen-bond donors (Lipinski definition) is 7. The molecule has 9 heteroatoms. The molecule has 1 heterocycles. The summed E-state index contributed by atoms with van der Waals surface area (Å²) >= 11 is 0. The number of aliphatic hydroxyl groups is 7. The van der Waals surface area contributed by atoms with Gasteiger partial charge in [-0.1, -0.05) is 32.9 Å². The molecule has 1 saturated heterocycles. The molecule has 0 aromatic heterocycles. The van der Waals surface area contributed by atoms with Gasteiger partial charge in [0, 0.05) is 11.3 Å². The van der Waals surface area contributed by atoms with Crippen molar-refractivity contribution in [3.05, 3.63) is 12.2 Å². The van der Waals surface area contributed by atoms with Crippen LogP contribution in [0.15, 0.2) is 12.2 Å². The normalized spacial score (nSPS) is 48.0. The number of ether oxygens (including phenoxy) is 2. The maximum atomic E-state index is 11.2. The quantitative estimate of drug-likeness (QED) is 0.263. The largest absolute Gasteiger partial charge is 0.394 e. The molecule has 0 radical (unpaired) electrons. The summed E-state index contributed by atoms with van der Waals surface area (Å²) in [7, 11) is 0. The zero-order valence-corrected chi connectivity index (χ0v) is 16.7. The second-order valence-electron chi connectivity index (χ2n) is 8.66. The van der Waals surface area contributed by atoms with Crippen molar-refractivity contribution < 1.29 is 45.2 Å². The van der Waals surface area contributed by atoms with Crippen LogP contribution in [-0.2, 0) is 9.47 Å². The van der Waals surface area contributed by atoms with Crippen molar-refractivity contribution in [3.8, 4) is 0 Å². The molecule has 164 valence electrons. The van der Waals surface area contributed by atoms with E-state index in [0.29, 0.717) is 0 Å². The van der Waals surface area contributed by atoms with Crippen molar-refractivity contribution in [3.63, 3.8) is 0 Å². The zero-order valence-electron chi connectivity index (χ0n) is 16.7. The fraction of sp³-hybridized carbons (Fsp3) is 0.895. The minimum atomic E-state index is -1.58. The van der Waals surface area contributed by atoms with E-state index in [0.717, 1.165) is 0 Å². The molecule has 2 fully saturated rings. The lowest BCUT2D eigenvalue weighted by molar-refractivity contribution is -0.329. The summed E-state index contributed by atoms with van der Waals surface area (Å²) < 4.78 is 11.1. The van der Waals surface area contributed by atoms with Crippen LogP contribution in [0, 0.1) is 11.3 Å². The van der Waals surface area contributed by atoms with Crippen molar-refractivity contribution in [2.24, 2.45) is 11.3 Å². The van der Waals surface area contributed by atoms with Crippen LogP contribution in [0.5, 0.6) is 0 Å². The summed E-state index contributed by atoms with van der Waals surface area (Å²) in [5.74, 6) is -0.680. The fourth-order valence-corrected chi connectivity index (χ4v) is 4.13. The summed E-state index contributed by atoms with van der Waals surface area (Å²) in [4.78, 5) is 0. The molecular weight excluding hydrogens is 372 g/mol. The van der Waals surface area contributed by atoms with E-state index in [1.54, 1.807) is 27.7 Å². The predicted octanol–water partition coefficient (Wildman–Crippen LogP) is -1.73. The molecular formula is C19H34O9. The molecule has 7 N–H and O–H groups in total. The van der Waals surface area contributed by atoms with Gasteiger partial charge < -0.3 is 45.2 Å². The maximum absolute atomic E-state index is 11.2. The van der Waals surface area contributed by atoms with Gasteiger partial charge in [-0.3, -0.25) is 0 Å². The van der Waals surface area contributed by atoms with Crippen LogP contribution < -0.4 is 0 Å². The van der Waals surface area contributed by atoms with Crippen LogP contribution >= 0.6 is 0 Å². The van der Waals surface area contributed by atoms with Gasteiger partial charge in [-0.15, -0.1) is 0 Å². The Hall–Kier alpha value is -0.620. The van der Waals surface area contributed by atoms with E-state index in [4.69, 9.17) is 9.47 Å². The van der Waals surface area contributed by atoms with Crippen LogP contribution in [0.1, 0.15) is 34.1 Å². The molecule has 1 aliphatic heterocycles. The van der Waals surface area contributed by atoms with E-state index in [2.05, 4.69) is 0 Å². The number of aliphatic hydroxyl groups excluding tert-OH is 6. The lowest BCUT2D eigenvalue weighted by atomic mass is 9.58. The molecule has 2 rings (SSSR count). The number of rotatable bonds is 5. The lowest BCUT2D eigenvalue weighted by Gasteiger charge is -2.54. The van der Waals surface area contributed by atoms with Gasteiger partial charge in [-0.05, 0) is 13.3 Å². The van der Waals surface area contributed by atoms with Crippen LogP contribution in [0.2, 0.25) is 0 Å². The first-order valence-corrected chi connectivity index (χ1v) is 9.59. The van der Waals surface area contributed by atoms with Gasteiger partial charge in [0.15, 0.2) is 6.29 Å². The van der Waals surface area contributed by atoms with Gasteiger partial charge in [0.25, 0.3) is 0 Å². The van der Waals surface area contributed by atoms with Gasteiger partial charge in [0.2, 0.25) is 0 Å². The highest BCUT2D eigenvalue weighted by Crippen LogP contribution is 2.49. The molecule has 9 nitrogen and oxygen atoms in total. The SMILES string of the molecule is C[C@@H](O)/C=C/[C@]1(O)[C@@H](C)[C@@H](O)[C@H](O[C@@H]2O[C@H](CO)[C@@H](O)[C@H](O)[C@H]2O)CC1(C)C. The summed E-state index contributed by atoms with van der Waals surface area (Å²) in [6, 6.07) is 0. The van der Waals surface area contributed by atoms with Crippen molar-refractivity contribution in [1.29, 1.82) is 0 Å². The van der Waals surface area contributed by atoms with Crippen molar-refractivity contribution in [1.82, 2.24) is 0 Å². The molecule has 2 aliphatic rings. The summed E-state index contributed by atoms with van der Waals surface area (Å²) in [5.41, 5.74) is -2.19. The highest BCUT2D eigenvalue weighted by molar-refractivity contribution is 5.17. The highest BCUT2D eigenvalue weighted by atomic mass is 16.7. The third kappa shape index (κ3) is 4.28. The maximum Gasteiger partial charge on any atom is 0.187 e. The molecule has 1 saturated carbocycles. The minimum absolute atomic E-state index is 0.189. The third-order valence-electron chi connectivity index (χ3n) is 6.17. The van der Waals surface area contributed by atoms with Crippen molar-refractivity contribution in [2.45, 2.75) is 88.7 Å². The van der Waals surface area contributed by atoms with E-state index in [1.165, 1.54) is 12.2 Å². The van der Waals surface area contributed by atoms with Crippen molar-refractivity contribution in [2.75, 3.05) is 6.61 Å². The first-order valence-electron chi connectivity index (χ1n) is 9.59. The van der Waals surface area contributed by atoms with Gasteiger partial charge in [-0.25, -0.2) is 0 Å². The first-order chi connectivity index (χ1) is 12.9. The van der Waals surface area contributed by atoms with E-state index < -0.39 is 72.6 Å². The van der Waals surface area contributed by atoms with Gasteiger partial charge >= 0.3 is 0 Å². The molecule has 0 aromatic carbocycles. The number of hydrogen-bond acceptors (Lipinski definition) is 9. The monoisotopic (exact) mass is 406 g/mol. The van der Waals surface area contributed by atoms with E-state index in [1.807, 2.05) is 0 Å². The standard InChI is InChI=1S/C19H34O9/c1-9(21)5-6-19(26)10(2)13(22)11(7-18(19,3)4)27-17-16(25)15(24)14(23)12(8-20)28-17/h5-6,9-17,20-26H,7-8H2,1-4H3/b6-5+/t9-,10+,11-,12-,13-,14-,15+,16-,17-,19+/m1/s1. The Morgan fingerprint density at radius 3 is 2.25 bits per heavy atom. The smallest absolute Gasteiger partial charge is 0.187 e. The van der Waals surface area contributed by atoms with Gasteiger partial charge in [0.1, 0.15) is 24.4 Å². The Morgan fingerprint density at radius 1 is 1.11 bits per heavy atom. The van der Waals surface area contributed by atoms with Gasteiger partial charge in [-0.2, -0.15) is 0 Å². The summed E-state index contributed by atoms with van der Waals surface area (Å²) in [6.45, 7) is 6.23. The Kier molecular flexibility index (Phi) is 7.29. The highest BCUT2D eigenvalue weighted by Gasteiger charge is 2.56. The predicted molar refractivity (Wildman–Crippen MR) is 98.0 cm³/mol. The zero-order chi connectivity index (χ0) is 21.4. The fourth-order valence-electron chi connectivity index (χ4n) is 4.13. The molecule has 10 atom stereocenters. The van der Waals surface area contributed by atoms with Crippen LogP contribution in [-0.4, -0.2) is 97.0 Å².